The zero-order valence-electron chi connectivity index (χ0n) is 5.03. The number of alkyl halides is 1. The van der Waals surface area contributed by atoms with Gasteiger partial charge in [0.15, 0.2) is 0 Å². The minimum absolute atomic E-state index is 0.227. The Kier molecular flexibility index (Phi) is 3.39. The topological polar surface area (TPSA) is 12.0 Å². The molecule has 0 amide bonds. The van der Waals surface area contributed by atoms with Gasteiger partial charge < -0.3 is 5.32 Å². The second-order valence-corrected chi connectivity index (χ2v) is 2.44. The minimum Gasteiger partial charge on any atom is -0.316 e. The zero-order chi connectivity index (χ0) is 5.86. The molecule has 44 valence electrons. The van der Waals surface area contributed by atoms with Crippen LogP contribution in [-0.2, 0) is 0 Å². The summed E-state index contributed by atoms with van der Waals surface area (Å²) >= 11 is 5.67. The van der Waals surface area contributed by atoms with E-state index in [-0.39, 0.29) is 5.38 Å². The third-order valence-corrected chi connectivity index (χ3v) is 1.52. The van der Waals surface area contributed by atoms with Crippen LogP contribution in [0.5, 0.6) is 0 Å². The van der Waals surface area contributed by atoms with Gasteiger partial charge in [-0.25, -0.2) is 0 Å². The Morgan fingerprint density at radius 3 is 1.86 bits per heavy atom. The van der Waals surface area contributed by atoms with E-state index in [4.69, 9.17) is 11.6 Å². The van der Waals surface area contributed by atoms with E-state index in [1.165, 1.54) is 0 Å². The third kappa shape index (κ3) is 2.89. The van der Waals surface area contributed by atoms with Crippen LogP contribution in [0.1, 0.15) is 13.8 Å². The number of nitrogens with one attached hydrogen (secondary N) is 1. The van der Waals surface area contributed by atoms with Crippen LogP contribution in [-0.4, -0.2) is 18.5 Å². The first-order chi connectivity index (χ1) is 3.18. The molecule has 0 saturated heterocycles. The molecule has 0 aliphatic heterocycles. The van der Waals surface area contributed by atoms with Crippen LogP contribution in [0.4, 0.5) is 0 Å². The molecule has 1 nitrogen and oxygen atoms in total. The Hall–Kier alpha value is 0.250. The molecule has 0 aromatic carbocycles. The highest BCUT2D eigenvalue weighted by Crippen LogP contribution is 1.97. The lowest BCUT2D eigenvalue weighted by Gasteiger charge is -2.10. The van der Waals surface area contributed by atoms with Crippen LogP contribution in [0.3, 0.4) is 0 Å². The van der Waals surface area contributed by atoms with Gasteiger partial charge in [0.25, 0.3) is 0 Å². The highest BCUT2D eigenvalue weighted by molar-refractivity contribution is 6.20. The molecule has 0 fully saturated rings. The molecule has 0 unspecified atom stereocenters. The second-order valence-electron chi connectivity index (χ2n) is 1.75. The van der Waals surface area contributed by atoms with Crippen LogP contribution >= 0.6 is 11.6 Å². The van der Waals surface area contributed by atoms with E-state index >= 15 is 0 Å². The Morgan fingerprint density at radius 1 is 1.43 bits per heavy atom. The quantitative estimate of drug-likeness (QED) is 0.542. The van der Waals surface area contributed by atoms with Gasteiger partial charge in [-0.2, -0.15) is 0 Å². The molecule has 2 atom stereocenters. The summed E-state index contributed by atoms with van der Waals surface area (Å²) in [4.78, 5) is 0. The molecule has 0 aromatic rings. The lowest BCUT2D eigenvalue weighted by atomic mass is 10.3. The van der Waals surface area contributed by atoms with Crippen LogP contribution in [0, 0.1) is 0 Å². The van der Waals surface area contributed by atoms with Crippen molar-refractivity contribution in [2.24, 2.45) is 0 Å². The first-order valence-electron chi connectivity index (χ1n) is 2.49. The lowest BCUT2D eigenvalue weighted by Crippen LogP contribution is -2.28. The fourth-order valence-electron chi connectivity index (χ4n) is 0.230. The molecule has 0 heterocycles. The lowest BCUT2D eigenvalue weighted by molar-refractivity contribution is 0.600. The summed E-state index contributed by atoms with van der Waals surface area (Å²) in [5.41, 5.74) is 0. The van der Waals surface area contributed by atoms with Crippen molar-refractivity contribution in [3.63, 3.8) is 0 Å². The maximum absolute atomic E-state index is 5.67. The van der Waals surface area contributed by atoms with E-state index in [2.05, 4.69) is 12.2 Å². The Morgan fingerprint density at radius 2 is 1.86 bits per heavy atom. The molecule has 0 bridgehead atoms. The Balaban J connectivity index is 3.14. The van der Waals surface area contributed by atoms with Gasteiger partial charge in [0.2, 0.25) is 0 Å². The van der Waals surface area contributed by atoms with Gasteiger partial charge >= 0.3 is 0 Å². The first-order valence-corrected chi connectivity index (χ1v) is 2.93. The number of hydrogen-bond acceptors (Lipinski definition) is 1. The van der Waals surface area contributed by atoms with Crippen molar-refractivity contribution in [1.29, 1.82) is 0 Å². The van der Waals surface area contributed by atoms with Gasteiger partial charge in [-0.3, -0.25) is 0 Å². The molecule has 0 aliphatic carbocycles. The smallest absolute Gasteiger partial charge is 0.0458 e. The van der Waals surface area contributed by atoms with Crippen molar-refractivity contribution < 1.29 is 0 Å². The van der Waals surface area contributed by atoms with Gasteiger partial charge in [-0.1, -0.05) is 0 Å². The summed E-state index contributed by atoms with van der Waals surface area (Å²) in [5, 5.41) is 3.26. The van der Waals surface area contributed by atoms with Crippen LogP contribution in [0.25, 0.3) is 0 Å². The SMILES string of the molecule is CN[C@@H](C)[C@H](C)Cl. The van der Waals surface area contributed by atoms with Crippen molar-refractivity contribution >= 4 is 11.6 Å². The predicted molar refractivity (Wildman–Crippen MR) is 33.8 cm³/mol. The summed E-state index contributed by atoms with van der Waals surface area (Å²) in [6, 6.07) is 0.418. The minimum atomic E-state index is 0.227. The molecule has 0 saturated carbocycles. The average molecular weight is 122 g/mol. The second kappa shape index (κ2) is 3.28. The maximum Gasteiger partial charge on any atom is 0.0458 e. The molecular weight excluding hydrogens is 110 g/mol. The number of rotatable bonds is 2. The maximum atomic E-state index is 5.67. The molecule has 0 rings (SSSR count). The van der Waals surface area contributed by atoms with Gasteiger partial charge in [0, 0.05) is 11.4 Å². The molecule has 0 aromatic heterocycles. The summed E-state index contributed by atoms with van der Waals surface area (Å²) in [7, 11) is 1.91. The first kappa shape index (κ1) is 7.25. The molecule has 0 aliphatic rings. The van der Waals surface area contributed by atoms with Crippen molar-refractivity contribution in [2.75, 3.05) is 7.05 Å². The van der Waals surface area contributed by atoms with E-state index in [0.717, 1.165) is 0 Å². The largest absolute Gasteiger partial charge is 0.316 e. The van der Waals surface area contributed by atoms with E-state index in [1.807, 2.05) is 14.0 Å². The van der Waals surface area contributed by atoms with Crippen LogP contribution < -0.4 is 5.32 Å². The Labute approximate surface area is 50.1 Å². The van der Waals surface area contributed by atoms with E-state index in [0.29, 0.717) is 6.04 Å². The fraction of sp³-hybridized carbons (Fsp3) is 1.00. The van der Waals surface area contributed by atoms with E-state index in [1.54, 1.807) is 0 Å². The average Bonchev–Trinajstić information content (AvgIpc) is 1.65. The van der Waals surface area contributed by atoms with Crippen LogP contribution in [0.2, 0.25) is 0 Å². The highest BCUT2D eigenvalue weighted by Gasteiger charge is 2.02. The fourth-order valence-corrected chi connectivity index (χ4v) is 0.356. The van der Waals surface area contributed by atoms with Gasteiger partial charge in [-0.05, 0) is 20.9 Å². The molecular formula is C5H12ClN. The van der Waals surface area contributed by atoms with Crippen molar-refractivity contribution in [2.45, 2.75) is 25.3 Å². The van der Waals surface area contributed by atoms with Crippen molar-refractivity contribution in [3.8, 4) is 0 Å². The summed E-state index contributed by atoms with van der Waals surface area (Å²) < 4.78 is 0. The number of halogens is 1. The zero-order valence-corrected chi connectivity index (χ0v) is 5.79. The summed E-state index contributed by atoms with van der Waals surface area (Å²) in [6.45, 7) is 4.03. The van der Waals surface area contributed by atoms with Gasteiger partial charge in [0.05, 0.1) is 0 Å². The normalized spacial score (nSPS) is 18.9. The number of hydrogen-bond donors (Lipinski definition) is 1. The summed E-state index contributed by atoms with van der Waals surface area (Å²) in [5.74, 6) is 0. The Bertz CT molecular complexity index is 45.3. The predicted octanol–water partition coefficient (Wildman–Crippen LogP) is 1.22. The van der Waals surface area contributed by atoms with Crippen molar-refractivity contribution in [1.82, 2.24) is 5.32 Å². The molecule has 7 heavy (non-hydrogen) atoms. The summed E-state index contributed by atoms with van der Waals surface area (Å²) in [6.07, 6.45) is 0. The molecule has 0 radical (unpaired) electrons. The third-order valence-electron chi connectivity index (χ3n) is 1.14. The molecule has 2 heteroatoms. The monoisotopic (exact) mass is 121 g/mol. The van der Waals surface area contributed by atoms with Crippen molar-refractivity contribution in [3.05, 3.63) is 0 Å². The highest BCUT2D eigenvalue weighted by atomic mass is 35.5. The molecule has 1 N–H and O–H groups in total. The van der Waals surface area contributed by atoms with Gasteiger partial charge in [-0.15, -0.1) is 11.6 Å². The van der Waals surface area contributed by atoms with Crippen LogP contribution in [0.15, 0.2) is 0 Å². The van der Waals surface area contributed by atoms with E-state index in [9.17, 15) is 0 Å². The van der Waals surface area contributed by atoms with Gasteiger partial charge in [0.1, 0.15) is 0 Å². The standard InChI is InChI=1S/C5H12ClN/c1-4(6)5(2)7-3/h4-5,7H,1-3H3/t4-,5-/m0/s1. The van der Waals surface area contributed by atoms with E-state index < -0.39 is 0 Å². The molecule has 0 spiro atoms.